The van der Waals surface area contributed by atoms with E-state index in [-0.39, 0.29) is 0 Å². The van der Waals surface area contributed by atoms with Crippen LogP contribution in [0.5, 0.6) is 0 Å². The normalized spacial score (nSPS) is 16.9. The van der Waals surface area contributed by atoms with Crippen molar-refractivity contribution in [3.63, 3.8) is 0 Å². The van der Waals surface area contributed by atoms with Crippen molar-refractivity contribution in [2.75, 3.05) is 5.32 Å². The van der Waals surface area contributed by atoms with Gasteiger partial charge in [-0.1, -0.05) is 24.3 Å². The zero-order valence-electron chi connectivity index (χ0n) is 9.93. The van der Waals surface area contributed by atoms with Crippen LogP contribution in [0.15, 0.2) is 42.6 Å². The lowest BCUT2D eigenvalue weighted by molar-refractivity contribution is 0.761. The van der Waals surface area contributed by atoms with E-state index < -0.39 is 0 Å². The van der Waals surface area contributed by atoms with Gasteiger partial charge in [-0.15, -0.1) is 0 Å². The molecule has 2 aromatic rings. The quantitative estimate of drug-likeness (QED) is 0.870. The molecule has 0 unspecified atom stereocenters. The molecular weight excluding hydrogens is 222 g/mol. The van der Waals surface area contributed by atoms with Crippen LogP contribution in [0.25, 0.3) is 0 Å². The van der Waals surface area contributed by atoms with E-state index in [0.29, 0.717) is 11.7 Å². The molecule has 0 bridgehead atoms. The number of benzene rings is 1. The summed E-state index contributed by atoms with van der Waals surface area (Å²) in [5, 5.41) is 12.2. The Labute approximate surface area is 106 Å². The minimum Gasteiger partial charge on any atom is -0.377 e. The molecule has 1 atom stereocenters. The Morgan fingerprint density at radius 1 is 1.22 bits per heavy atom. The molecule has 18 heavy (non-hydrogen) atoms. The number of nitriles is 1. The smallest absolute Gasteiger partial charge is 0.140 e. The molecule has 88 valence electrons. The van der Waals surface area contributed by atoms with E-state index in [2.05, 4.69) is 34.6 Å². The third kappa shape index (κ3) is 1.93. The summed E-state index contributed by atoms with van der Waals surface area (Å²) < 4.78 is 0. The minimum absolute atomic E-state index is 0.357. The van der Waals surface area contributed by atoms with Crippen LogP contribution in [-0.4, -0.2) is 4.98 Å². The van der Waals surface area contributed by atoms with Crippen LogP contribution in [0.3, 0.4) is 0 Å². The minimum atomic E-state index is 0.357. The fraction of sp³-hybridized carbons (Fsp3) is 0.200. The Kier molecular flexibility index (Phi) is 2.70. The van der Waals surface area contributed by atoms with E-state index in [1.165, 1.54) is 11.1 Å². The van der Waals surface area contributed by atoms with Gasteiger partial charge in [-0.2, -0.15) is 5.26 Å². The van der Waals surface area contributed by atoms with Gasteiger partial charge in [0.2, 0.25) is 0 Å². The highest BCUT2D eigenvalue weighted by atomic mass is 14.9. The van der Waals surface area contributed by atoms with Gasteiger partial charge in [-0.05, 0) is 36.1 Å². The zero-order chi connectivity index (χ0) is 12.4. The molecule has 1 aliphatic carbocycles. The lowest BCUT2D eigenvalue weighted by atomic mass is 10.1. The summed E-state index contributed by atoms with van der Waals surface area (Å²) in [5.41, 5.74) is 4.22. The second-order valence-electron chi connectivity index (χ2n) is 4.48. The van der Waals surface area contributed by atoms with E-state index in [4.69, 9.17) is 5.26 Å². The average molecular weight is 235 g/mol. The van der Waals surface area contributed by atoms with E-state index in [9.17, 15) is 0 Å². The molecule has 3 nitrogen and oxygen atoms in total. The molecule has 1 heterocycles. The van der Waals surface area contributed by atoms with Crippen molar-refractivity contribution in [1.82, 2.24) is 4.98 Å². The third-order valence-corrected chi connectivity index (χ3v) is 3.35. The van der Waals surface area contributed by atoms with Gasteiger partial charge in [-0.3, -0.25) is 0 Å². The number of nitrogens with one attached hydrogen (secondary N) is 1. The summed E-state index contributed by atoms with van der Waals surface area (Å²) in [4.78, 5) is 4.07. The van der Waals surface area contributed by atoms with Crippen molar-refractivity contribution in [2.24, 2.45) is 0 Å². The third-order valence-electron chi connectivity index (χ3n) is 3.35. The molecule has 0 saturated heterocycles. The number of fused-ring (bicyclic) bond motifs is 1. The molecule has 1 aliphatic rings. The molecule has 1 aromatic heterocycles. The maximum absolute atomic E-state index is 8.71. The molecule has 3 heteroatoms. The Morgan fingerprint density at radius 2 is 2.11 bits per heavy atom. The largest absolute Gasteiger partial charge is 0.377 e. The fourth-order valence-corrected chi connectivity index (χ4v) is 2.45. The molecule has 0 spiro atoms. The summed E-state index contributed by atoms with van der Waals surface area (Å²) in [5.74, 6) is 0. The zero-order valence-corrected chi connectivity index (χ0v) is 9.93. The second-order valence-corrected chi connectivity index (χ2v) is 4.48. The summed E-state index contributed by atoms with van der Waals surface area (Å²) in [6.07, 6.45) is 3.95. The first kappa shape index (κ1) is 10.8. The topological polar surface area (TPSA) is 48.7 Å². The van der Waals surface area contributed by atoms with E-state index in [1.54, 1.807) is 12.3 Å². The van der Waals surface area contributed by atoms with Crippen molar-refractivity contribution in [1.29, 1.82) is 5.26 Å². The number of aromatic nitrogens is 1. The summed E-state index contributed by atoms with van der Waals surface area (Å²) >= 11 is 0. The molecule has 0 saturated carbocycles. The fourth-order valence-electron chi connectivity index (χ4n) is 2.45. The van der Waals surface area contributed by atoms with Crippen LogP contribution < -0.4 is 5.32 Å². The van der Waals surface area contributed by atoms with Crippen LogP contribution >= 0.6 is 0 Å². The first-order chi connectivity index (χ1) is 8.86. The number of hydrogen-bond acceptors (Lipinski definition) is 3. The Hall–Kier alpha value is -2.34. The number of hydrogen-bond donors (Lipinski definition) is 1. The van der Waals surface area contributed by atoms with Crippen molar-refractivity contribution >= 4 is 5.69 Å². The van der Waals surface area contributed by atoms with E-state index in [1.807, 2.05) is 12.1 Å². The Balaban J connectivity index is 1.80. The highest BCUT2D eigenvalue weighted by Gasteiger charge is 2.21. The summed E-state index contributed by atoms with van der Waals surface area (Å²) in [6.45, 7) is 0. The molecule has 1 N–H and O–H groups in total. The van der Waals surface area contributed by atoms with Gasteiger partial charge >= 0.3 is 0 Å². The predicted molar refractivity (Wildman–Crippen MR) is 70.1 cm³/mol. The molecule has 0 amide bonds. The van der Waals surface area contributed by atoms with Gasteiger partial charge < -0.3 is 5.32 Å². The average Bonchev–Trinajstić information content (AvgIpc) is 2.83. The SMILES string of the molecule is N#Cc1ccc(N[C@@H]2CCc3ccccc32)cn1. The molecular formula is C15H13N3. The molecule has 3 rings (SSSR count). The lowest BCUT2D eigenvalue weighted by Crippen LogP contribution is -2.07. The van der Waals surface area contributed by atoms with Crippen LogP contribution in [0.2, 0.25) is 0 Å². The van der Waals surface area contributed by atoms with Gasteiger partial charge in [0.15, 0.2) is 0 Å². The highest BCUT2D eigenvalue weighted by molar-refractivity contribution is 5.47. The molecule has 0 radical (unpaired) electrons. The van der Waals surface area contributed by atoms with Gasteiger partial charge in [0.05, 0.1) is 17.9 Å². The van der Waals surface area contributed by atoms with E-state index in [0.717, 1.165) is 18.5 Å². The molecule has 1 aromatic carbocycles. The number of aryl methyl sites for hydroxylation is 1. The monoisotopic (exact) mass is 235 g/mol. The highest BCUT2D eigenvalue weighted by Crippen LogP contribution is 2.33. The number of nitrogens with zero attached hydrogens (tertiary/aromatic N) is 2. The summed E-state index contributed by atoms with van der Waals surface area (Å²) in [6, 6.07) is 14.6. The second kappa shape index (κ2) is 4.50. The van der Waals surface area contributed by atoms with Gasteiger partial charge in [0.1, 0.15) is 11.8 Å². The number of anilines is 1. The van der Waals surface area contributed by atoms with Gasteiger partial charge in [0.25, 0.3) is 0 Å². The predicted octanol–water partition coefficient (Wildman–Crippen LogP) is 3.05. The van der Waals surface area contributed by atoms with Crippen molar-refractivity contribution < 1.29 is 0 Å². The first-order valence-electron chi connectivity index (χ1n) is 6.07. The maximum Gasteiger partial charge on any atom is 0.140 e. The standard InChI is InChI=1S/C15H13N3/c16-9-12-6-7-13(10-17-12)18-15-8-5-11-3-1-2-4-14(11)15/h1-4,6-7,10,15,18H,5,8H2/t15-/m1/s1. The van der Waals surface area contributed by atoms with Gasteiger partial charge in [0, 0.05) is 0 Å². The Morgan fingerprint density at radius 3 is 2.89 bits per heavy atom. The van der Waals surface area contributed by atoms with Crippen molar-refractivity contribution in [2.45, 2.75) is 18.9 Å². The van der Waals surface area contributed by atoms with Crippen LogP contribution in [-0.2, 0) is 6.42 Å². The first-order valence-corrected chi connectivity index (χ1v) is 6.07. The van der Waals surface area contributed by atoms with Crippen LogP contribution in [0, 0.1) is 11.3 Å². The number of rotatable bonds is 2. The van der Waals surface area contributed by atoms with Crippen molar-refractivity contribution in [3.8, 4) is 6.07 Å². The molecule has 0 aliphatic heterocycles. The molecule has 0 fully saturated rings. The number of pyridine rings is 1. The maximum atomic E-state index is 8.71. The Bertz CT molecular complexity index is 596. The lowest BCUT2D eigenvalue weighted by Gasteiger charge is -2.15. The van der Waals surface area contributed by atoms with Crippen LogP contribution in [0.1, 0.15) is 29.3 Å². The summed E-state index contributed by atoms with van der Waals surface area (Å²) in [7, 11) is 0. The van der Waals surface area contributed by atoms with Crippen molar-refractivity contribution in [3.05, 3.63) is 59.4 Å². The van der Waals surface area contributed by atoms with Gasteiger partial charge in [-0.25, -0.2) is 4.98 Å². The van der Waals surface area contributed by atoms with Crippen LogP contribution in [0.4, 0.5) is 5.69 Å². The van der Waals surface area contributed by atoms with E-state index >= 15 is 0 Å².